The monoisotopic (exact) mass is 310 g/mol. The lowest BCUT2D eigenvalue weighted by molar-refractivity contribution is -0.248. The number of hydrogen-bond acceptors (Lipinski definition) is 7. The molecule has 7 nitrogen and oxygen atoms in total. The number of anilines is 1. The van der Waals surface area contributed by atoms with Gasteiger partial charge in [0, 0.05) is 26.0 Å². The van der Waals surface area contributed by atoms with Gasteiger partial charge in [0.05, 0.1) is 6.61 Å². The molecular weight excluding hydrogens is 288 g/mol. The van der Waals surface area contributed by atoms with E-state index in [-0.39, 0.29) is 0 Å². The van der Waals surface area contributed by atoms with Crippen molar-refractivity contribution >= 4 is 11.9 Å². The average molecular weight is 310 g/mol. The smallest absolute Gasteiger partial charge is 0.180 e. The van der Waals surface area contributed by atoms with E-state index in [1.54, 1.807) is 0 Å². The molecule has 4 N–H and O–H groups in total. The van der Waals surface area contributed by atoms with Crippen LogP contribution in [0.15, 0.2) is 29.3 Å². The van der Waals surface area contributed by atoms with E-state index in [0.717, 1.165) is 11.3 Å². The van der Waals surface area contributed by atoms with Gasteiger partial charge in [0.25, 0.3) is 0 Å². The van der Waals surface area contributed by atoms with Crippen LogP contribution < -0.4 is 4.90 Å². The van der Waals surface area contributed by atoms with Crippen molar-refractivity contribution in [3.05, 3.63) is 29.8 Å². The Bertz CT molecular complexity index is 505. The predicted molar refractivity (Wildman–Crippen MR) is 82.1 cm³/mol. The van der Waals surface area contributed by atoms with Crippen LogP contribution in [0.4, 0.5) is 5.69 Å². The Labute approximate surface area is 129 Å². The molecule has 5 atom stereocenters. The van der Waals surface area contributed by atoms with Gasteiger partial charge in [-0.3, -0.25) is 4.99 Å². The highest BCUT2D eigenvalue weighted by atomic mass is 16.6. The van der Waals surface area contributed by atoms with Gasteiger partial charge in [-0.1, -0.05) is 12.1 Å². The highest BCUT2D eigenvalue weighted by Gasteiger charge is 2.43. The summed E-state index contributed by atoms with van der Waals surface area (Å²) in [5.74, 6) is 0. The van der Waals surface area contributed by atoms with Gasteiger partial charge in [-0.15, -0.1) is 0 Å². The van der Waals surface area contributed by atoms with Gasteiger partial charge in [-0.2, -0.15) is 0 Å². The van der Waals surface area contributed by atoms with Crippen molar-refractivity contribution in [3.8, 4) is 0 Å². The first-order chi connectivity index (χ1) is 10.4. The first-order valence-electron chi connectivity index (χ1n) is 7.05. The molecule has 1 saturated heterocycles. The summed E-state index contributed by atoms with van der Waals surface area (Å²) < 4.78 is 5.04. The van der Waals surface area contributed by atoms with Gasteiger partial charge in [0.2, 0.25) is 0 Å². The third-order valence-electron chi connectivity index (χ3n) is 3.67. The van der Waals surface area contributed by atoms with Gasteiger partial charge >= 0.3 is 0 Å². The van der Waals surface area contributed by atoms with Crippen molar-refractivity contribution in [2.75, 3.05) is 25.6 Å². The molecule has 22 heavy (non-hydrogen) atoms. The summed E-state index contributed by atoms with van der Waals surface area (Å²) >= 11 is 0. The van der Waals surface area contributed by atoms with Crippen LogP contribution in [-0.2, 0) is 4.74 Å². The summed E-state index contributed by atoms with van der Waals surface area (Å²) in [7, 11) is 3.88. The van der Waals surface area contributed by atoms with Crippen molar-refractivity contribution in [1.82, 2.24) is 0 Å². The zero-order valence-electron chi connectivity index (χ0n) is 12.6. The molecule has 122 valence electrons. The topological polar surface area (TPSA) is 106 Å². The van der Waals surface area contributed by atoms with E-state index in [1.165, 1.54) is 6.21 Å². The predicted octanol–water partition coefficient (Wildman–Crippen LogP) is -1.03. The number of ether oxygens (including phenoxy) is 1. The molecule has 1 heterocycles. The summed E-state index contributed by atoms with van der Waals surface area (Å²) in [6.07, 6.45) is -3.50. The molecule has 0 aromatic heterocycles. The van der Waals surface area contributed by atoms with Crippen LogP contribution in [0.25, 0.3) is 0 Å². The molecule has 1 aliphatic heterocycles. The second kappa shape index (κ2) is 7.17. The maximum Gasteiger partial charge on any atom is 0.180 e. The van der Waals surface area contributed by atoms with Gasteiger partial charge in [-0.05, 0) is 17.7 Å². The van der Waals surface area contributed by atoms with Crippen LogP contribution in [0.2, 0.25) is 0 Å². The first kappa shape index (κ1) is 16.9. The Morgan fingerprint density at radius 3 is 2.32 bits per heavy atom. The highest BCUT2D eigenvalue weighted by molar-refractivity contribution is 5.80. The van der Waals surface area contributed by atoms with Crippen molar-refractivity contribution in [3.63, 3.8) is 0 Å². The van der Waals surface area contributed by atoms with Crippen LogP contribution in [0.5, 0.6) is 0 Å². The number of aliphatic imine (C=N–C) groups is 1. The molecule has 0 bridgehead atoms. The van der Waals surface area contributed by atoms with Gasteiger partial charge in [0.1, 0.15) is 24.4 Å². The van der Waals surface area contributed by atoms with Crippen LogP contribution in [0.3, 0.4) is 0 Å². The standard InChI is InChI=1S/C15H22N2O5/c1-17(2)10-5-3-9(4-6-10)7-16-12-14(20)13(19)11(8-18)22-15(12)21/h3-7,11-15,18-21H,8H2,1-2H3/t11-,12-,13+,14-,15-/m0/s1. The van der Waals surface area contributed by atoms with Crippen LogP contribution >= 0.6 is 0 Å². The highest BCUT2D eigenvalue weighted by Crippen LogP contribution is 2.22. The SMILES string of the molecule is CN(C)c1ccc(C=N[C@H]2[C@H](O)[C@H](O)[C@H](CO)O[C@@H]2O)cc1. The van der Waals surface area contributed by atoms with Crippen LogP contribution in [-0.4, -0.2) is 78.0 Å². The van der Waals surface area contributed by atoms with Crippen LogP contribution in [0.1, 0.15) is 5.56 Å². The summed E-state index contributed by atoms with van der Waals surface area (Å²) in [4.78, 5) is 6.07. The molecular formula is C15H22N2O5. The van der Waals surface area contributed by atoms with Gasteiger partial charge in [-0.25, -0.2) is 0 Å². The third kappa shape index (κ3) is 3.63. The second-order valence-electron chi connectivity index (χ2n) is 5.48. The summed E-state index contributed by atoms with van der Waals surface area (Å²) in [6, 6.07) is 6.54. The van der Waals surface area contributed by atoms with Crippen molar-refractivity contribution in [1.29, 1.82) is 0 Å². The Morgan fingerprint density at radius 1 is 1.14 bits per heavy atom. The number of nitrogens with zero attached hydrogens (tertiary/aromatic N) is 2. The van der Waals surface area contributed by atoms with E-state index in [9.17, 15) is 15.3 Å². The molecule has 1 aromatic carbocycles. The molecule has 0 saturated carbocycles. The molecule has 7 heteroatoms. The normalized spacial score (nSPS) is 32.4. The molecule has 0 aliphatic carbocycles. The average Bonchev–Trinajstić information content (AvgIpc) is 2.51. The zero-order chi connectivity index (χ0) is 16.3. The molecule has 0 unspecified atom stereocenters. The summed E-state index contributed by atoms with van der Waals surface area (Å²) in [6.45, 7) is -0.488. The molecule has 1 aromatic rings. The van der Waals surface area contributed by atoms with Gasteiger partial charge in [0.15, 0.2) is 6.29 Å². The Balaban J connectivity index is 2.08. The van der Waals surface area contributed by atoms with Crippen molar-refractivity contribution in [2.45, 2.75) is 30.6 Å². The van der Waals surface area contributed by atoms with E-state index < -0.39 is 37.3 Å². The van der Waals surface area contributed by atoms with Gasteiger partial charge < -0.3 is 30.1 Å². The lowest BCUT2D eigenvalue weighted by atomic mass is 9.97. The Morgan fingerprint density at radius 2 is 1.77 bits per heavy atom. The molecule has 1 fully saturated rings. The molecule has 0 amide bonds. The number of rotatable bonds is 4. The maximum atomic E-state index is 9.98. The first-order valence-corrected chi connectivity index (χ1v) is 7.05. The zero-order valence-corrected chi connectivity index (χ0v) is 12.6. The minimum Gasteiger partial charge on any atom is -0.394 e. The van der Waals surface area contributed by atoms with E-state index in [4.69, 9.17) is 9.84 Å². The molecule has 1 aliphatic rings. The van der Waals surface area contributed by atoms with Crippen LogP contribution in [0, 0.1) is 0 Å². The number of aliphatic hydroxyl groups is 4. The minimum absolute atomic E-state index is 0.488. The summed E-state index contributed by atoms with van der Waals surface area (Å²) in [5, 5.41) is 38.6. The van der Waals surface area contributed by atoms with E-state index >= 15 is 0 Å². The number of hydrogen-bond donors (Lipinski definition) is 4. The fourth-order valence-electron chi connectivity index (χ4n) is 2.27. The summed E-state index contributed by atoms with van der Waals surface area (Å²) in [5.41, 5.74) is 1.84. The van der Waals surface area contributed by atoms with E-state index in [0.29, 0.717) is 0 Å². The fraction of sp³-hybridized carbons (Fsp3) is 0.533. The number of aliphatic hydroxyl groups excluding tert-OH is 4. The lowest BCUT2D eigenvalue weighted by Crippen LogP contribution is -2.57. The lowest BCUT2D eigenvalue weighted by Gasteiger charge is -2.38. The third-order valence-corrected chi connectivity index (χ3v) is 3.67. The maximum absolute atomic E-state index is 9.98. The van der Waals surface area contributed by atoms with E-state index in [2.05, 4.69) is 4.99 Å². The second-order valence-corrected chi connectivity index (χ2v) is 5.48. The fourth-order valence-corrected chi connectivity index (χ4v) is 2.27. The van der Waals surface area contributed by atoms with E-state index in [1.807, 2.05) is 43.3 Å². The Kier molecular flexibility index (Phi) is 5.49. The van der Waals surface area contributed by atoms with Crippen molar-refractivity contribution < 1.29 is 25.2 Å². The van der Waals surface area contributed by atoms with Crippen molar-refractivity contribution in [2.24, 2.45) is 4.99 Å². The molecule has 0 radical (unpaired) electrons. The largest absolute Gasteiger partial charge is 0.394 e. The molecule has 2 rings (SSSR count). The molecule has 0 spiro atoms. The number of benzene rings is 1. The Hall–Kier alpha value is -1.51. The minimum atomic E-state index is -1.38. The quantitative estimate of drug-likeness (QED) is 0.530.